The summed E-state index contributed by atoms with van der Waals surface area (Å²) in [6, 6.07) is 13.9. The molecule has 1 fully saturated rings. The highest BCUT2D eigenvalue weighted by Gasteiger charge is 2.24. The maximum Gasteiger partial charge on any atom is 0.251 e. The van der Waals surface area contributed by atoms with Crippen molar-refractivity contribution in [3.8, 4) is 0 Å². The quantitative estimate of drug-likeness (QED) is 0.846. The van der Waals surface area contributed by atoms with E-state index in [9.17, 15) is 14.0 Å². The normalized spacial score (nSPS) is 15.2. The van der Waals surface area contributed by atoms with Crippen LogP contribution in [0, 0.1) is 5.82 Å². The van der Waals surface area contributed by atoms with Gasteiger partial charge in [0.1, 0.15) is 5.82 Å². The molecule has 0 radical (unpaired) electrons. The van der Waals surface area contributed by atoms with Gasteiger partial charge in [-0.15, -0.1) is 0 Å². The Morgan fingerprint density at radius 3 is 2.14 bits per heavy atom. The van der Waals surface area contributed by atoms with Crippen LogP contribution in [-0.2, 0) is 16.6 Å². The minimum atomic E-state index is -0.300. The van der Waals surface area contributed by atoms with Crippen molar-refractivity contribution in [1.82, 2.24) is 10.2 Å². The van der Waals surface area contributed by atoms with Crippen LogP contribution in [0.15, 0.2) is 48.5 Å². The molecule has 2 aromatic carbocycles. The summed E-state index contributed by atoms with van der Waals surface area (Å²) in [5, 5.41) is 3.09. The van der Waals surface area contributed by atoms with Gasteiger partial charge in [0.15, 0.2) is 0 Å². The van der Waals surface area contributed by atoms with E-state index in [1.54, 1.807) is 12.1 Å². The van der Waals surface area contributed by atoms with Crippen LogP contribution in [0.1, 0.15) is 55.1 Å². The zero-order chi connectivity index (χ0) is 21.0. The first-order valence-electron chi connectivity index (χ1n) is 10.2. The predicted octanol–water partition coefficient (Wildman–Crippen LogP) is 4.09. The lowest BCUT2D eigenvalue weighted by atomic mass is 9.86. The van der Waals surface area contributed by atoms with Crippen LogP contribution in [0.3, 0.4) is 0 Å². The van der Waals surface area contributed by atoms with E-state index in [4.69, 9.17) is 0 Å². The van der Waals surface area contributed by atoms with Crippen molar-refractivity contribution in [2.75, 3.05) is 13.1 Å². The summed E-state index contributed by atoms with van der Waals surface area (Å²) in [6.07, 6.45) is 1.75. The molecule has 0 spiro atoms. The Bertz CT molecular complexity index is 846. The zero-order valence-electron chi connectivity index (χ0n) is 17.4. The van der Waals surface area contributed by atoms with Gasteiger partial charge in [0.25, 0.3) is 5.91 Å². The molecule has 0 bridgehead atoms. The number of hydrogen-bond acceptors (Lipinski definition) is 2. The molecule has 0 aliphatic carbocycles. The first-order valence-corrected chi connectivity index (χ1v) is 10.2. The Morgan fingerprint density at radius 2 is 1.59 bits per heavy atom. The number of nitrogens with one attached hydrogen (secondary N) is 1. The molecular formula is C24H29FN2O2. The van der Waals surface area contributed by atoms with Crippen molar-refractivity contribution in [2.24, 2.45) is 0 Å². The number of rotatable bonds is 4. The van der Waals surface area contributed by atoms with Gasteiger partial charge in [0, 0.05) is 24.7 Å². The number of carbonyl (C=O) groups is 2. The fraction of sp³-hybridized carbons (Fsp3) is 0.417. The summed E-state index contributed by atoms with van der Waals surface area (Å²) < 4.78 is 13.0. The molecule has 4 nitrogen and oxygen atoms in total. The number of hydrogen-bond donors (Lipinski definition) is 1. The second kappa shape index (κ2) is 8.76. The monoisotopic (exact) mass is 396 g/mol. The molecule has 2 aromatic rings. The molecule has 2 amide bonds. The summed E-state index contributed by atoms with van der Waals surface area (Å²) in [7, 11) is 0. The van der Waals surface area contributed by atoms with Gasteiger partial charge in [-0.05, 0) is 53.6 Å². The third kappa shape index (κ3) is 5.66. The summed E-state index contributed by atoms with van der Waals surface area (Å²) in [4.78, 5) is 26.8. The number of benzene rings is 2. The molecule has 0 saturated carbocycles. The predicted molar refractivity (Wildman–Crippen MR) is 112 cm³/mol. The van der Waals surface area contributed by atoms with Crippen LogP contribution in [0.5, 0.6) is 0 Å². The van der Waals surface area contributed by atoms with Crippen molar-refractivity contribution >= 4 is 11.8 Å². The van der Waals surface area contributed by atoms with Gasteiger partial charge in [-0.2, -0.15) is 0 Å². The van der Waals surface area contributed by atoms with Gasteiger partial charge in [0.05, 0.1) is 6.42 Å². The Kier molecular flexibility index (Phi) is 6.36. The van der Waals surface area contributed by atoms with E-state index in [0.29, 0.717) is 18.7 Å². The minimum Gasteiger partial charge on any atom is -0.349 e. The molecule has 29 heavy (non-hydrogen) atoms. The summed E-state index contributed by atoms with van der Waals surface area (Å²) >= 11 is 0. The van der Waals surface area contributed by atoms with E-state index in [1.807, 2.05) is 29.2 Å². The standard InChI is InChI=1S/C24H29FN2O2/c1-24(2,3)19-8-6-18(7-9-19)23(29)26-21-12-14-27(15-13-21)22(28)16-17-4-10-20(25)11-5-17/h4-11,21H,12-16H2,1-3H3,(H,26,29). The molecule has 3 rings (SSSR count). The van der Waals surface area contributed by atoms with Crippen molar-refractivity contribution in [3.05, 3.63) is 71.0 Å². The van der Waals surface area contributed by atoms with Crippen LogP contribution in [0.2, 0.25) is 0 Å². The maximum absolute atomic E-state index is 13.0. The molecule has 0 unspecified atom stereocenters. The van der Waals surface area contributed by atoms with Crippen molar-refractivity contribution < 1.29 is 14.0 Å². The lowest BCUT2D eigenvalue weighted by Gasteiger charge is -2.32. The highest BCUT2D eigenvalue weighted by atomic mass is 19.1. The second-order valence-electron chi connectivity index (χ2n) is 8.76. The van der Waals surface area contributed by atoms with Crippen LogP contribution in [-0.4, -0.2) is 35.8 Å². The highest BCUT2D eigenvalue weighted by molar-refractivity contribution is 5.94. The Morgan fingerprint density at radius 1 is 1.00 bits per heavy atom. The Hall–Kier alpha value is -2.69. The van der Waals surface area contributed by atoms with Crippen LogP contribution < -0.4 is 5.32 Å². The van der Waals surface area contributed by atoms with Gasteiger partial charge in [-0.25, -0.2) is 4.39 Å². The van der Waals surface area contributed by atoms with E-state index in [1.165, 1.54) is 17.7 Å². The minimum absolute atomic E-state index is 0.0409. The van der Waals surface area contributed by atoms with E-state index in [-0.39, 0.29) is 35.5 Å². The van der Waals surface area contributed by atoms with Gasteiger partial charge in [-0.3, -0.25) is 9.59 Å². The molecule has 0 aromatic heterocycles. The Labute approximate surface area is 172 Å². The third-order valence-corrected chi connectivity index (χ3v) is 5.46. The number of amides is 2. The average Bonchev–Trinajstić information content (AvgIpc) is 2.69. The van der Waals surface area contributed by atoms with Crippen molar-refractivity contribution in [1.29, 1.82) is 0 Å². The van der Waals surface area contributed by atoms with E-state index in [2.05, 4.69) is 26.1 Å². The Balaban J connectivity index is 1.48. The van der Waals surface area contributed by atoms with Crippen LogP contribution >= 0.6 is 0 Å². The molecule has 1 saturated heterocycles. The van der Waals surface area contributed by atoms with E-state index in [0.717, 1.165) is 18.4 Å². The van der Waals surface area contributed by atoms with Crippen molar-refractivity contribution in [3.63, 3.8) is 0 Å². The van der Waals surface area contributed by atoms with E-state index < -0.39 is 0 Å². The number of carbonyl (C=O) groups excluding carboxylic acids is 2. The number of halogens is 1. The summed E-state index contributed by atoms with van der Waals surface area (Å²) in [6.45, 7) is 7.68. The van der Waals surface area contributed by atoms with Gasteiger partial charge in [-0.1, -0.05) is 45.0 Å². The molecule has 1 N–H and O–H groups in total. The topological polar surface area (TPSA) is 49.4 Å². The number of nitrogens with zero attached hydrogens (tertiary/aromatic N) is 1. The van der Waals surface area contributed by atoms with Gasteiger partial charge >= 0.3 is 0 Å². The fourth-order valence-electron chi connectivity index (χ4n) is 3.55. The largest absolute Gasteiger partial charge is 0.349 e. The maximum atomic E-state index is 13.0. The SMILES string of the molecule is CC(C)(C)c1ccc(C(=O)NC2CCN(C(=O)Cc3ccc(F)cc3)CC2)cc1. The number of likely N-dealkylation sites (tertiary alicyclic amines) is 1. The molecule has 1 aliphatic heterocycles. The summed E-state index contributed by atoms with van der Waals surface area (Å²) in [5.74, 6) is -0.327. The first kappa shape index (κ1) is 21.0. The molecule has 1 aliphatic rings. The van der Waals surface area contributed by atoms with Gasteiger partial charge in [0.2, 0.25) is 5.91 Å². The van der Waals surface area contributed by atoms with Crippen LogP contribution in [0.4, 0.5) is 4.39 Å². The summed E-state index contributed by atoms with van der Waals surface area (Å²) in [5.41, 5.74) is 2.72. The lowest BCUT2D eigenvalue weighted by molar-refractivity contribution is -0.131. The van der Waals surface area contributed by atoms with Crippen LogP contribution in [0.25, 0.3) is 0 Å². The fourth-order valence-corrected chi connectivity index (χ4v) is 3.55. The molecular weight excluding hydrogens is 367 g/mol. The second-order valence-corrected chi connectivity index (χ2v) is 8.76. The van der Waals surface area contributed by atoms with E-state index >= 15 is 0 Å². The third-order valence-electron chi connectivity index (χ3n) is 5.46. The smallest absolute Gasteiger partial charge is 0.251 e. The van der Waals surface area contributed by atoms with Gasteiger partial charge < -0.3 is 10.2 Å². The molecule has 0 atom stereocenters. The zero-order valence-corrected chi connectivity index (χ0v) is 17.4. The number of piperidine rings is 1. The molecule has 154 valence electrons. The molecule has 1 heterocycles. The lowest BCUT2D eigenvalue weighted by Crippen LogP contribution is -2.47. The highest BCUT2D eigenvalue weighted by Crippen LogP contribution is 2.22. The van der Waals surface area contributed by atoms with Crippen molar-refractivity contribution in [2.45, 2.75) is 51.5 Å². The average molecular weight is 397 g/mol. The molecule has 5 heteroatoms. The first-order chi connectivity index (χ1) is 13.7.